The van der Waals surface area contributed by atoms with E-state index in [4.69, 9.17) is 10.5 Å². The second kappa shape index (κ2) is 7.82. The Balaban J connectivity index is 2.12. The molecule has 0 bridgehead atoms. The molecule has 1 saturated carbocycles. The minimum Gasteiger partial charge on any atom is -0.465 e. The van der Waals surface area contributed by atoms with Crippen molar-refractivity contribution in [2.75, 3.05) is 6.61 Å². The lowest BCUT2D eigenvalue weighted by atomic mass is 9.59. The lowest BCUT2D eigenvalue weighted by molar-refractivity contribution is -0.170. The van der Waals surface area contributed by atoms with Crippen molar-refractivity contribution in [1.82, 2.24) is 0 Å². The van der Waals surface area contributed by atoms with Gasteiger partial charge in [-0.15, -0.1) is 0 Å². The number of ether oxygens (including phenoxy) is 1. The highest BCUT2D eigenvalue weighted by atomic mass is 16.5. The average molecular weight is 331 g/mol. The van der Waals surface area contributed by atoms with Gasteiger partial charge >= 0.3 is 5.97 Å². The first-order valence-corrected chi connectivity index (χ1v) is 8.89. The Morgan fingerprint density at radius 3 is 2.50 bits per heavy atom. The molecule has 1 amide bonds. The number of esters is 1. The van der Waals surface area contributed by atoms with E-state index in [-0.39, 0.29) is 18.4 Å². The first-order valence-electron chi connectivity index (χ1n) is 8.89. The highest BCUT2D eigenvalue weighted by molar-refractivity contribution is 6.02. The molecule has 0 heterocycles. The van der Waals surface area contributed by atoms with E-state index in [1.165, 1.54) is 0 Å². The van der Waals surface area contributed by atoms with Gasteiger partial charge in [-0.25, -0.2) is 0 Å². The summed E-state index contributed by atoms with van der Waals surface area (Å²) in [5.41, 5.74) is 5.67. The topological polar surface area (TPSA) is 69.4 Å². The fourth-order valence-electron chi connectivity index (χ4n) is 4.07. The number of benzene rings is 1. The molecule has 3 unspecified atom stereocenters. The zero-order chi connectivity index (χ0) is 17.7. The Morgan fingerprint density at radius 1 is 1.25 bits per heavy atom. The number of carbonyl (C=O) groups is 2. The average Bonchev–Trinajstić information content (AvgIpc) is 2.54. The van der Waals surface area contributed by atoms with Crippen LogP contribution in [0.5, 0.6) is 0 Å². The molecular weight excluding hydrogens is 302 g/mol. The molecule has 2 N–H and O–H groups in total. The van der Waals surface area contributed by atoms with Gasteiger partial charge in [-0.1, -0.05) is 57.5 Å². The summed E-state index contributed by atoms with van der Waals surface area (Å²) in [5.74, 6) is -0.495. The molecular formula is C20H29NO3. The molecule has 4 heteroatoms. The molecule has 1 aromatic carbocycles. The van der Waals surface area contributed by atoms with E-state index >= 15 is 0 Å². The van der Waals surface area contributed by atoms with Crippen molar-refractivity contribution in [2.45, 2.75) is 46.5 Å². The second-order valence-corrected chi connectivity index (χ2v) is 7.44. The van der Waals surface area contributed by atoms with Crippen molar-refractivity contribution in [3.05, 3.63) is 35.9 Å². The van der Waals surface area contributed by atoms with Gasteiger partial charge in [-0.2, -0.15) is 0 Å². The predicted octanol–water partition coefficient (Wildman–Crippen LogP) is 3.34. The van der Waals surface area contributed by atoms with Gasteiger partial charge < -0.3 is 10.5 Å². The Morgan fingerprint density at radius 2 is 1.92 bits per heavy atom. The zero-order valence-corrected chi connectivity index (χ0v) is 15.0. The number of hydrogen-bond acceptors (Lipinski definition) is 3. The van der Waals surface area contributed by atoms with E-state index in [2.05, 4.69) is 20.8 Å². The van der Waals surface area contributed by atoms with Crippen LogP contribution < -0.4 is 5.73 Å². The fraction of sp³-hybridized carbons (Fsp3) is 0.600. The van der Waals surface area contributed by atoms with Crippen LogP contribution in [0.4, 0.5) is 0 Å². The highest BCUT2D eigenvalue weighted by Gasteiger charge is 2.55. The summed E-state index contributed by atoms with van der Waals surface area (Å²) in [6.45, 7) is 6.45. The molecule has 1 aliphatic carbocycles. The van der Waals surface area contributed by atoms with Crippen LogP contribution in [0.3, 0.4) is 0 Å². The van der Waals surface area contributed by atoms with Crippen molar-refractivity contribution < 1.29 is 14.3 Å². The standard InChI is InChI=1S/C20H29NO3/c1-14(2)17-10-9-15(3)13-20(17,18(21)22)19(23)24-12-11-16-7-5-4-6-8-16/h4-8,14-15,17H,9-13H2,1-3H3,(H2,21,22). The number of primary amides is 1. The van der Waals surface area contributed by atoms with Crippen molar-refractivity contribution in [1.29, 1.82) is 0 Å². The number of carbonyl (C=O) groups excluding carboxylic acids is 2. The first-order chi connectivity index (χ1) is 11.4. The number of hydrogen-bond donors (Lipinski definition) is 1. The van der Waals surface area contributed by atoms with E-state index in [1.54, 1.807) is 0 Å². The Bertz CT molecular complexity index is 570. The zero-order valence-electron chi connectivity index (χ0n) is 15.0. The number of rotatable bonds is 6. The van der Waals surface area contributed by atoms with Crippen LogP contribution in [0.2, 0.25) is 0 Å². The summed E-state index contributed by atoms with van der Waals surface area (Å²) in [4.78, 5) is 25.2. The van der Waals surface area contributed by atoms with Crippen molar-refractivity contribution in [3.8, 4) is 0 Å². The molecule has 24 heavy (non-hydrogen) atoms. The monoisotopic (exact) mass is 331 g/mol. The number of nitrogens with two attached hydrogens (primary N) is 1. The summed E-state index contributed by atoms with van der Waals surface area (Å²) in [6.07, 6.45) is 3.00. The van der Waals surface area contributed by atoms with Gasteiger partial charge in [-0.3, -0.25) is 9.59 Å². The van der Waals surface area contributed by atoms with Gasteiger partial charge in [0, 0.05) is 6.42 Å². The molecule has 0 spiro atoms. The van der Waals surface area contributed by atoms with Gasteiger partial charge in [0.2, 0.25) is 5.91 Å². The maximum Gasteiger partial charge on any atom is 0.321 e. The van der Waals surface area contributed by atoms with E-state index < -0.39 is 17.3 Å². The van der Waals surface area contributed by atoms with Gasteiger partial charge in [0.15, 0.2) is 0 Å². The van der Waals surface area contributed by atoms with Crippen LogP contribution in [-0.4, -0.2) is 18.5 Å². The third kappa shape index (κ3) is 3.80. The molecule has 4 nitrogen and oxygen atoms in total. The summed E-state index contributed by atoms with van der Waals surface area (Å²) >= 11 is 0. The van der Waals surface area contributed by atoms with Gasteiger partial charge in [0.25, 0.3) is 0 Å². The van der Waals surface area contributed by atoms with Gasteiger partial charge in [-0.05, 0) is 36.2 Å². The molecule has 2 rings (SSSR count). The van der Waals surface area contributed by atoms with Crippen LogP contribution in [0.1, 0.15) is 45.6 Å². The third-order valence-corrected chi connectivity index (χ3v) is 5.35. The summed E-state index contributed by atoms with van der Waals surface area (Å²) in [7, 11) is 0. The van der Waals surface area contributed by atoms with Crippen molar-refractivity contribution in [3.63, 3.8) is 0 Å². The molecule has 1 fully saturated rings. The van der Waals surface area contributed by atoms with Gasteiger partial charge in [0.1, 0.15) is 5.41 Å². The summed E-state index contributed by atoms with van der Waals surface area (Å²) in [6, 6.07) is 9.86. The molecule has 3 atom stereocenters. The van der Waals surface area contributed by atoms with Gasteiger partial charge in [0.05, 0.1) is 6.61 Å². The van der Waals surface area contributed by atoms with E-state index in [9.17, 15) is 9.59 Å². The number of amides is 1. The lowest BCUT2D eigenvalue weighted by Crippen LogP contribution is -2.54. The minimum absolute atomic E-state index is 0.0459. The van der Waals surface area contributed by atoms with E-state index in [1.807, 2.05) is 30.3 Å². The molecule has 1 aromatic rings. The maximum atomic E-state index is 12.9. The second-order valence-electron chi connectivity index (χ2n) is 7.44. The highest BCUT2D eigenvalue weighted by Crippen LogP contribution is 2.48. The van der Waals surface area contributed by atoms with Crippen molar-refractivity contribution >= 4 is 11.9 Å². The third-order valence-electron chi connectivity index (χ3n) is 5.35. The molecule has 0 aromatic heterocycles. The lowest BCUT2D eigenvalue weighted by Gasteiger charge is -2.44. The quantitative estimate of drug-likeness (QED) is 0.642. The molecule has 132 valence electrons. The Kier molecular flexibility index (Phi) is 6.03. The summed E-state index contributed by atoms with van der Waals surface area (Å²) < 4.78 is 5.54. The van der Waals surface area contributed by atoms with E-state index in [0.29, 0.717) is 18.8 Å². The normalized spacial score (nSPS) is 27.0. The van der Waals surface area contributed by atoms with Crippen molar-refractivity contribution in [2.24, 2.45) is 28.9 Å². The van der Waals surface area contributed by atoms with Crippen LogP contribution in [0.25, 0.3) is 0 Å². The van der Waals surface area contributed by atoms with Crippen LogP contribution in [0.15, 0.2) is 30.3 Å². The fourth-order valence-corrected chi connectivity index (χ4v) is 4.07. The maximum absolute atomic E-state index is 12.9. The minimum atomic E-state index is -1.18. The summed E-state index contributed by atoms with van der Waals surface area (Å²) in [5, 5.41) is 0. The Hall–Kier alpha value is -1.84. The molecule has 1 aliphatic rings. The smallest absolute Gasteiger partial charge is 0.321 e. The molecule has 0 radical (unpaired) electrons. The Labute approximate surface area is 144 Å². The molecule has 0 saturated heterocycles. The van der Waals surface area contributed by atoms with Crippen LogP contribution >= 0.6 is 0 Å². The van der Waals surface area contributed by atoms with Crippen LogP contribution in [-0.2, 0) is 20.7 Å². The first kappa shape index (κ1) is 18.5. The SMILES string of the molecule is CC1CCC(C(C)C)C(C(N)=O)(C(=O)OCCc2ccccc2)C1. The molecule has 0 aliphatic heterocycles. The largest absolute Gasteiger partial charge is 0.465 e. The van der Waals surface area contributed by atoms with E-state index in [0.717, 1.165) is 18.4 Å². The van der Waals surface area contributed by atoms with Crippen LogP contribution in [0, 0.1) is 23.2 Å². The predicted molar refractivity (Wildman–Crippen MR) is 94.1 cm³/mol.